The number of oxazole rings is 2. The van der Waals surface area contributed by atoms with Crippen molar-refractivity contribution < 1.29 is 8.83 Å². The lowest BCUT2D eigenvalue weighted by atomic mass is 9.96. The van der Waals surface area contributed by atoms with Gasteiger partial charge in [-0.2, -0.15) is 0 Å². The standard InChI is InChI=1S/C45H31N3O2/c1-28-18-22-31(23-19-28)48-40-24-20-29(32-10-2-4-12-34(32)44-46-38-14-6-8-16-42(38)49-44)26-36(40)37-27-30(21-25-41(37)48)33-11-3-5-13-35(33)45-47-39-15-7-9-17-43(39)50-45/h2-8,10-16,18-27H,9,17H2,1H3. The summed E-state index contributed by atoms with van der Waals surface area (Å²) in [6, 6.07) is 47.0. The summed E-state index contributed by atoms with van der Waals surface area (Å²) in [4.78, 5) is 9.74. The normalized spacial score (nSPS) is 12.7. The molecule has 0 atom stereocenters. The topological polar surface area (TPSA) is 57.0 Å². The van der Waals surface area contributed by atoms with Crippen molar-refractivity contribution in [2.45, 2.75) is 19.8 Å². The minimum atomic E-state index is 0.617. The predicted octanol–water partition coefficient (Wildman–Crippen LogP) is 11.8. The van der Waals surface area contributed by atoms with E-state index >= 15 is 0 Å². The minimum Gasteiger partial charge on any atom is -0.440 e. The lowest BCUT2D eigenvalue weighted by molar-refractivity contribution is 0.516. The van der Waals surface area contributed by atoms with E-state index in [0.717, 1.165) is 85.5 Å². The molecule has 0 amide bonds. The zero-order valence-corrected chi connectivity index (χ0v) is 27.4. The van der Waals surface area contributed by atoms with E-state index in [9.17, 15) is 0 Å². The number of allylic oxidation sites excluding steroid dienone is 1. The largest absolute Gasteiger partial charge is 0.440 e. The molecule has 6 aromatic carbocycles. The van der Waals surface area contributed by atoms with Gasteiger partial charge in [-0.3, -0.25) is 0 Å². The number of aryl methyl sites for hydroxylation is 2. The van der Waals surface area contributed by atoms with Crippen molar-refractivity contribution in [1.29, 1.82) is 0 Å². The fraction of sp³-hybridized carbons (Fsp3) is 0.0667. The smallest absolute Gasteiger partial charge is 0.227 e. The molecule has 10 rings (SSSR count). The summed E-state index contributed by atoms with van der Waals surface area (Å²) in [5, 5.41) is 2.34. The first-order valence-electron chi connectivity index (χ1n) is 17.0. The molecule has 5 nitrogen and oxygen atoms in total. The molecule has 9 aromatic rings. The Labute approximate surface area is 288 Å². The molecule has 3 aromatic heterocycles. The third-order valence-corrected chi connectivity index (χ3v) is 9.83. The number of hydrogen-bond acceptors (Lipinski definition) is 4. The number of hydrogen-bond donors (Lipinski definition) is 0. The molecule has 50 heavy (non-hydrogen) atoms. The van der Waals surface area contributed by atoms with Gasteiger partial charge in [0.25, 0.3) is 0 Å². The number of rotatable bonds is 5. The van der Waals surface area contributed by atoms with Gasteiger partial charge in [-0.05, 0) is 102 Å². The average molecular weight is 646 g/mol. The van der Waals surface area contributed by atoms with Gasteiger partial charge < -0.3 is 13.4 Å². The highest BCUT2D eigenvalue weighted by Crippen LogP contribution is 2.41. The Morgan fingerprint density at radius 1 is 0.580 bits per heavy atom. The van der Waals surface area contributed by atoms with Gasteiger partial charge in [0, 0.05) is 34.0 Å². The maximum Gasteiger partial charge on any atom is 0.227 e. The summed E-state index contributed by atoms with van der Waals surface area (Å²) < 4.78 is 15.0. The van der Waals surface area contributed by atoms with Gasteiger partial charge in [-0.25, -0.2) is 9.97 Å². The van der Waals surface area contributed by atoms with Crippen LogP contribution in [0.3, 0.4) is 0 Å². The third-order valence-electron chi connectivity index (χ3n) is 9.83. The average Bonchev–Trinajstić information content (AvgIpc) is 3.89. The van der Waals surface area contributed by atoms with E-state index in [-0.39, 0.29) is 0 Å². The molecule has 238 valence electrons. The van der Waals surface area contributed by atoms with E-state index in [2.05, 4.69) is 127 Å². The summed E-state index contributed by atoms with van der Waals surface area (Å²) in [7, 11) is 0. The van der Waals surface area contributed by atoms with Crippen LogP contribution in [0.5, 0.6) is 0 Å². The van der Waals surface area contributed by atoms with E-state index < -0.39 is 0 Å². The van der Waals surface area contributed by atoms with Crippen molar-refractivity contribution in [3.05, 3.63) is 157 Å². The van der Waals surface area contributed by atoms with Crippen LogP contribution in [0.2, 0.25) is 0 Å². The molecule has 0 saturated heterocycles. The van der Waals surface area contributed by atoms with Crippen molar-refractivity contribution in [2.75, 3.05) is 0 Å². The molecule has 0 bridgehead atoms. The number of fused-ring (bicyclic) bond motifs is 5. The minimum absolute atomic E-state index is 0.617. The van der Waals surface area contributed by atoms with Crippen LogP contribution in [0.4, 0.5) is 0 Å². The molecular weight excluding hydrogens is 615 g/mol. The molecule has 0 unspecified atom stereocenters. The summed E-state index contributed by atoms with van der Waals surface area (Å²) in [6.07, 6.45) is 6.09. The van der Waals surface area contributed by atoms with E-state index in [1.54, 1.807) is 0 Å². The summed E-state index contributed by atoms with van der Waals surface area (Å²) in [6.45, 7) is 2.13. The van der Waals surface area contributed by atoms with Crippen molar-refractivity contribution in [3.8, 4) is 50.8 Å². The van der Waals surface area contributed by atoms with Gasteiger partial charge in [-0.15, -0.1) is 0 Å². The molecule has 0 N–H and O–H groups in total. The van der Waals surface area contributed by atoms with Crippen LogP contribution in [0.1, 0.15) is 23.4 Å². The number of para-hydroxylation sites is 2. The predicted molar refractivity (Wildman–Crippen MR) is 202 cm³/mol. The Morgan fingerprint density at radius 3 is 1.82 bits per heavy atom. The molecule has 0 fully saturated rings. The number of nitrogens with zero attached hydrogens (tertiary/aromatic N) is 3. The van der Waals surface area contributed by atoms with Crippen LogP contribution in [0, 0.1) is 6.92 Å². The van der Waals surface area contributed by atoms with Crippen molar-refractivity contribution in [2.24, 2.45) is 0 Å². The Kier molecular flexibility index (Phi) is 6.46. The summed E-state index contributed by atoms with van der Waals surface area (Å²) in [5.74, 6) is 2.24. The van der Waals surface area contributed by atoms with Crippen LogP contribution < -0.4 is 0 Å². The molecule has 0 radical (unpaired) electrons. The summed E-state index contributed by atoms with van der Waals surface area (Å²) in [5.41, 5.74) is 13.5. The van der Waals surface area contributed by atoms with E-state index in [0.29, 0.717) is 11.8 Å². The SMILES string of the molecule is Cc1ccc(-n2c3ccc(-c4ccccc4-c4nc5c(o4)CCC=C5)cc3c3cc(-c4ccccc4-c4nc5ccccc5o4)ccc32)cc1. The monoisotopic (exact) mass is 645 g/mol. The van der Waals surface area contributed by atoms with E-state index in [1.807, 2.05) is 30.3 Å². The van der Waals surface area contributed by atoms with Crippen LogP contribution in [-0.4, -0.2) is 14.5 Å². The van der Waals surface area contributed by atoms with Crippen LogP contribution in [0.25, 0.3) is 89.8 Å². The highest BCUT2D eigenvalue weighted by atomic mass is 16.4. The van der Waals surface area contributed by atoms with Gasteiger partial charge in [0.1, 0.15) is 17.0 Å². The Morgan fingerprint density at radius 2 is 1.18 bits per heavy atom. The van der Waals surface area contributed by atoms with Gasteiger partial charge in [-0.1, -0.05) is 84.4 Å². The lowest BCUT2D eigenvalue weighted by Gasteiger charge is -2.10. The molecule has 0 spiro atoms. The Bertz CT molecular complexity index is 2740. The second-order valence-electron chi connectivity index (χ2n) is 13.0. The van der Waals surface area contributed by atoms with Crippen molar-refractivity contribution in [1.82, 2.24) is 14.5 Å². The van der Waals surface area contributed by atoms with Crippen LogP contribution in [-0.2, 0) is 6.42 Å². The second kappa shape index (κ2) is 11.3. The Hall–Kier alpha value is -6.46. The number of aromatic nitrogens is 3. The number of benzene rings is 6. The molecule has 1 aliphatic carbocycles. The first-order chi connectivity index (χ1) is 24.7. The zero-order valence-electron chi connectivity index (χ0n) is 27.4. The first kappa shape index (κ1) is 28.5. The fourth-order valence-corrected chi connectivity index (χ4v) is 7.36. The molecule has 0 saturated carbocycles. The molecular formula is C45H31N3O2. The quantitative estimate of drug-likeness (QED) is 0.187. The van der Waals surface area contributed by atoms with E-state index in [4.69, 9.17) is 18.8 Å². The second-order valence-corrected chi connectivity index (χ2v) is 13.0. The van der Waals surface area contributed by atoms with Gasteiger partial charge in [0.2, 0.25) is 11.8 Å². The van der Waals surface area contributed by atoms with E-state index in [1.165, 1.54) is 16.3 Å². The zero-order chi connectivity index (χ0) is 33.2. The third kappa shape index (κ3) is 4.62. The van der Waals surface area contributed by atoms with Gasteiger partial charge >= 0.3 is 0 Å². The highest BCUT2D eigenvalue weighted by Gasteiger charge is 2.20. The maximum absolute atomic E-state index is 6.34. The first-order valence-corrected chi connectivity index (χ1v) is 17.0. The van der Waals surface area contributed by atoms with Crippen molar-refractivity contribution in [3.63, 3.8) is 0 Å². The molecule has 1 aliphatic rings. The molecule has 5 heteroatoms. The fourth-order valence-electron chi connectivity index (χ4n) is 7.36. The molecule has 0 aliphatic heterocycles. The van der Waals surface area contributed by atoms with Crippen LogP contribution in [0.15, 0.2) is 148 Å². The summed E-state index contributed by atoms with van der Waals surface area (Å²) >= 11 is 0. The maximum atomic E-state index is 6.34. The Balaban J connectivity index is 1.18. The van der Waals surface area contributed by atoms with Gasteiger partial charge in [0.05, 0.1) is 11.0 Å². The van der Waals surface area contributed by atoms with Gasteiger partial charge in [0.15, 0.2) is 5.58 Å². The molecule has 3 heterocycles. The van der Waals surface area contributed by atoms with Crippen molar-refractivity contribution >= 4 is 39.0 Å². The highest BCUT2D eigenvalue weighted by molar-refractivity contribution is 6.12. The van der Waals surface area contributed by atoms with Crippen LogP contribution >= 0.6 is 0 Å². The lowest BCUT2D eigenvalue weighted by Crippen LogP contribution is -1.94.